The largest absolute Gasteiger partial charge is 0.385 e. The summed E-state index contributed by atoms with van der Waals surface area (Å²) in [6, 6.07) is 14.4. The Morgan fingerprint density at radius 1 is 1.12 bits per heavy atom. The van der Waals surface area contributed by atoms with Crippen molar-refractivity contribution in [2.75, 3.05) is 33.4 Å². The summed E-state index contributed by atoms with van der Waals surface area (Å²) < 4.78 is 5.04. The number of likely N-dealkylation sites (tertiary alicyclic amines) is 1. The van der Waals surface area contributed by atoms with E-state index in [1.807, 2.05) is 18.2 Å². The minimum Gasteiger partial charge on any atom is -0.385 e. The molecule has 1 aliphatic heterocycles. The molecule has 4 rings (SSSR count). The van der Waals surface area contributed by atoms with Crippen LogP contribution in [0.25, 0.3) is 11.0 Å². The molecule has 0 aliphatic carbocycles. The molecule has 1 fully saturated rings. The summed E-state index contributed by atoms with van der Waals surface area (Å²) in [5.74, 6) is 0.698. The number of aromatic amines is 1. The van der Waals surface area contributed by atoms with Crippen LogP contribution in [-0.4, -0.2) is 54.1 Å². The lowest BCUT2D eigenvalue weighted by Crippen LogP contribution is -2.29. The summed E-state index contributed by atoms with van der Waals surface area (Å²) in [7, 11) is 1.66. The summed E-state index contributed by atoms with van der Waals surface area (Å²) >= 11 is 0. The van der Waals surface area contributed by atoms with E-state index in [-0.39, 0.29) is 5.91 Å². The zero-order valence-electron chi connectivity index (χ0n) is 18.9. The first-order valence-corrected chi connectivity index (χ1v) is 11.6. The van der Waals surface area contributed by atoms with Gasteiger partial charge in [0.1, 0.15) is 11.3 Å². The van der Waals surface area contributed by atoms with Gasteiger partial charge in [0.15, 0.2) is 0 Å². The third-order valence-corrected chi connectivity index (χ3v) is 6.06. The molecule has 2 N–H and O–H groups in total. The molecule has 1 amide bonds. The van der Waals surface area contributed by atoms with Crippen molar-refractivity contribution >= 4 is 16.9 Å². The Labute approximate surface area is 190 Å². The maximum Gasteiger partial charge on any atom is 0.253 e. The quantitative estimate of drug-likeness (QED) is 0.472. The van der Waals surface area contributed by atoms with Gasteiger partial charge in [-0.15, -0.1) is 0 Å². The number of amides is 1. The number of fused-ring (bicyclic) bond motifs is 1. The minimum atomic E-state index is -0.100. The molecule has 32 heavy (non-hydrogen) atoms. The molecule has 1 aliphatic rings. The number of hydrogen-bond acceptors (Lipinski definition) is 4. The summed E-state index contributed by atoms with van der Waals surface area (Å²) in [5, 5.41) is 2.95. The molecule has 2 heterocycles. The molecule has 0 unspecified atom stereocenters. The van der Waals surface area contributed by atoms with Crippen LogP contribution < -0.4 is 5.32 Å². The Hall–Kier alpha value is -2.70. The maximum absolute atomic E-state index is 12.6. The summed E-state index contributed by atoms with van der Waals surface area (Å²) in [4.78, 5) is 23.3. The minimum absolute atomic E-state index is 0.100. The number of imidazole rings is 1. The van der Waals surface area contributed by atoms with Gasteiger partial charge in [0, 0.05) is 33.2 Å². The molecule has 1 radical (unpaired) electrons. The number of carbonyl (C=O) groups is 1. The smallest absolute Gasteiger partial charge is 0.253 e. The van der Waals surface area contributed by atoms with E-state index < -0.39 is 0 Å². The predicted molar refractivity (Wildman–Crippen MR) is 128 cm³/mol. The number of piperidine rings is 1. The second-order valence-electron chi connectivity index (χ2n) is 8.44. The number of carbonyl (C=O) groups excluding carboxylic acids is 1. The molecule has 169 valence electrons. The van der Waals surface area contributed by atoms with Crippen LogP contribution in [0.3, 0.4) is 0 Å². The van der Waals surface area contributed by atoms with Crippen LogP contribution in [-0.2, 0) is 17.7 Å². The Morgan fingerprint density at radius 2 is 1.94 bits per heavy atom. The van der Waals surface area contributed by atoms with Crippen molar-refractivity contribution in [2.24, 2.45) is 0 Å². The standard InChI is InChI=1S/C26H33N4O2/c1-32-18-8-15-27-26(31)22-11-7-12-23-25(22)29-24(28-23)14-13-20-9-3-4-10-21(20)19-30-16-5-2-6-17-30/h3-4,7,9-12,14H,2,5-6,8,13,15-19H2,1H3,(H,27,31)(H,28,29). The third kappa shape index (κ3) is 5.75. The van der Waals surface area contributed by atoms with Crippen LogP contribution in [0.1, 0.15) is 53.0 Å². The number of nitrogens with one attached hydrogen (secondary N) is 2. The lowest BCUT2D eigenvalue weighted by molar-refractivity contribution is 0.0950. The zero-order chi connectivity index (χ0) is 22.2. The monoisotopic (exact) mass is 433 g/mol. The highest BCUT2D eigenvalue weighted by Gasteiger charge is 2.15. The molecule has 6 nitrogen and oxygen atoms in total. The van der Waals surface area contributed by atoms with Crippen molar-refractivity contribution in [3.63, 3.8) is 0 Å². The summed E-state index contributed by atoms with van der Waals surface area (Å²) in [6.07, 6.45) is 7.67. The molecule has 0 saturated carbocycles. The maximum atomic E-state index is 12.6. The van der Waals surface area contributed by atoms with E-state index in [0.717, 1.165) is 30.7 Å². The number of ether oxygens (including phenoxy) is 1. The Kier molecular flexibility index (Phi) is 7.91. The van der Waals surface area contributed by atoms with Crippen LogP contribution in [0.2, 0.25) is 0 Å². The molecule has 6 heteroatoms. The second-order valence-corrected chi connectivity index (χ2v) is 8.44. The average molecular weight is 434 g/mol. The van der Waals surface area contributed by atoms with Crippen LogP contribution in [0.5, 0.6) is 0 Å². The molecule has 1 saturated heterocycles. The number of aromatic nitrogens is 2. The van der Waals surface area contributed by atoms with E-state index in [9.17, 15) is 4.79 Å². The summed E-state index contributed by atoms with van der Waals surface area (Å²) in [6.45, 7) is 4.61. The molecule has 3 aromatic rings. The molecule has 0 atom stereocenters. The van der Waals surface area contributed by atoms with E-state index in [4.69, 9.17) is 9.72 Å². The third-order valence-electron chi connectivity index (χ3n) is 6.06. The molecule has 0 spiro atoms. The first-order valence-electron chi connectivity index (χ1n) is 11.6. The van der Waals surface area contributed by atoms with Gasteiger partial charge in [-0.2, -0.15) is 0 Å². The molecule has 2 aromatic carbocycles. The predicted octanol–water partition coefficient (Wildman–Crippen LogP) is 4.11. The fourth-order valence-electron chi connectivity index (χ4n) is 4.32. The van der Waals surface area contributed by atoms with Gasteiger partial charge in [0.05, 0.1) is 11.1 Å². The van der Waals surface area contributed by atoms with Crippen molar-refractivity contribution in [2.45, 2.75) is 38.6 Å². The first-order chi connectivity index (χ1) is 15.7. The van der Waals surface area contributed by atoms with Crippen LogP contribution in [0.4, 0.5) is 0 Å². The highest BCUT2D eigenvalue weighted by molar-refractivity contribution is 6.04. The number of rotatable bonds is 10. The number of para-hydroxylation sites is 1. The van der Waals surface area contributed by atoms with E-state index in [1.54, 1.807) is 7.11 Å². The SMILES string of the molecule is COCCCNC(=O)c1cccc2[nH]c([CH]Cc3ccccc3CN3CCCCC3)nc12. The molecular formula is C26H33N4O2. The number of methoxy groups -OCH3 is 1. The van der Waals surface area contributed by atoms with E-state index in [2.05, 4.69) is 45.9 Å². The normalized spacial score (nSPS) is 14.7. The van der Waals surface area contributed by atoms with Gasteiger partial charge in [0.2, 0.25) is 0 Å². The fraction of sp³-hybridized carbons (Fsp3) is 0.423. The number of H-pyrrole nitrogens is 1. The van der Waals surface area contributed by atoms with Gasteiger partial charge >= 0.3 is 0 Å². The van der Waals surface area contributed by atoms with E-state index >= 15 is 0 Å². The van der Waals surface area contributed by atoms with Crippen molar-refractivity contribution in [3.05, 3.63) is 71.4 Å². The first kappa shape index (κ1) is 22.5. The second kappa shape index (κ2) is 11.2. The Bertz CT molecular complexity index is 1020. The highest BCUT2D eigenvalue weighted by atomic mass is 16.5. The van der Waals surface area contributed by atoms with E-state index in [0.29, 0.717) is 24.2 Å². The topological polar surface area (TPSA) is 70.2 Å². The van der Waals surface area contributed by atoms with Crippen molar-refractivity contribution < 1.29 is 9.53 Å². The summed E-state index contributed by atoms with van der Waals surface area (Å²) in [5.41, 5.74) is 4.90. The van der Waals surface area contributed by atoms with Crippen molar-refractivity contribution in [3.8, 4) is 0 Å². The van der Waals surface area contributed by atoms with Gasteiger partial charge in [-0.3, -0.25) is 9.69 Å². The average Bonchev–Trinajstić information content (AvgIpc) is 3.25. The van der Waals surface area contributed by atoms with Crippen LogP contribution >= 0.6 is 0 Å². The van der Waals surface area contributed by atoms with Crippen molar-refractivity contribution in [1.29, 1.82) is 0 Å². The zero-order valence-corrected chi connectivity index (χ0v) is 18.9. The lowest BCUT2D eigenvalue weighted by atomic mass is 10.0. The van der Waals surface area contributed by atoms with Gasteiger partial charge < -0.3 is 15.0 Å². The Balaban J connectivity index is 1.42. The van der Waals surface area contributed by atoms with Gasteiger partial charge in [-0.05, 0) is 62.0 Å². The van der Waals surface area contributed by atoms with Gasteiger partial charge in [0.25, 0.3) is 5.91 Å². The molecule has 0 bridgehead atoms. The number of benzene rings is 2. The molecular weight excluding hydrogens is 400 g/mol. The van der Waals surface area contributed by atoms with Crippen molar-refractivity contribution in [1.82, 2.24) is 20.2 Å². The van der Waals surface area contributed by atoms with E-state index in [1.165, 1.54) is 43.5 Å². The Morgan fingerprint density at radius 3 is 2.75 bits per heavy atom. The molecule has 1 aromatic heterocycles. The highest BCUT2D eigenvalue weighted by Crippen LogP contribution is 2.21. The van der Waals surface area contributed by atoms with Gasteiger partial charge in [-0.1, -0.05) is 36.8 Å². The van der Waals surface area contributed by atoms with Crippen LogP contribution in [0, 0.1) is 6.42 Å². The fourth-order valence-corrected chi connectivity index (χ4v) is 4.32. The number of nitrogens with zero attached hydrogens (tertiary/aromatic N) is 2. The number of hydrogen-bond donors (Lipinski definition) is 2. The van der Waals surface area contributed by atoms with Crippen LogP contribution in [0.15, 0.2) is 42.5 Å². The van der Waals surface area contributed by atoms with Gasteiger partial charge in [-0.25, -0.2) is 4.98 Å². The lowest BCUT2D eigenvalue weighted by Gasteiger charge is -2.27.